The number of nitrogens with zero attached hydrogens (tertiary/aromatic N) is 4. The number of hydrogen-bond donors (Lipinski definition) is 0. The van der Waals surface area contributed by atoms with Crippen molar-refractivity contribution < 1.29 is 9.53 Å². The highest BCUT2D eigenvalue weighted by Gasteiger charge is 2.46. The number of carbonyl (C=O) groups is 1. The fraction of sp³-hybridized carbons (Fsp3) is 0.667. The van der Waals surface area contributed by atoms with Gasteiger partial charge in [0.2, 0.25) is 5.91 Å². The van der Waals surface area contributed by atoms with Gasteiger partial charge in [0.05, 0.1) is 19.4 Å². The molecule has 21 heavy (non-hydrogen) atoms. The van der Waals surface area contributed by atoms with Gasteiger partial charge in [0, 0.05) is 49.9 Å². The van der Waals surface area contributed by atoms with Gasteiger partial charge in [0.15, 0.2) is 0 Å². The molecule has 1 aromatic rings. The summed E-state index contributed by atoms with van der Waals surface area (Å²) < 4.78 is 5.79. The monoisotopic (exact) mass is 290 g/mol. The number of likely N-dealkylation sites (tertiary alicyclic amines) is 1. The van der Waals surface area contributed by atoms with Crippen LogP contribution in [0.5, 0.6) is 0 Å². The first-order chi connectivity index (χ1) is 10.1. The van der Waals surface area contributed by atoms with E-state index in [0.29, 0.717) is 19.6 Å². The normalized spacial score (nSPS) is 26.7. The molecule has 1 spiro atoms. The summed E-state index contributed by atoms with van der Waals surface area (Å²) in [5.41, 5.74) is -0.130. The fourth-order valence-electron chi connectivity index (χ4n) is 3.24. The Morgan fingerprint density at radius 1 is 1.33 bits per heavy atom. The summed E-state index contributed by atoms with van der Waals surface area (Å²) in [7, 11) is 0. The Bertz CT molecular complexity index is 508. The minimum atomic E-state index is -0.130. The van der Waals surface area contributed by atoms with Crippen molar-refractivity contribution in [2.45, 2.75) is 26.3 Å². The lowest BCUT2D eigenvalue weighted by molar-refractivity contribution is -0.129. The van der Waals surface area contributed by atoms with Gasteiger partial charge in [-0.25, -0.2) is 4.98 Å². The number of amides is 1. The molecule has 0 N–H and O–H groups in total. The van der Waals surface area contributed by atoms with Crippen molar-refractivity contribution >= 4 is 11.7 Å². The summed E-state index contributed by atoms with van der Waals surface area (Å²) in [6, 6.07) is 0.241. The van der Waals surface area contributed by atoms with Crippen LogP contribution in [0.15, 0.2) is 18.6 Å². The number of ether oxygens (including phenoxy) is 1. The minimum Gasteiger partial charge on any atom is -0.379 e. The summed E-state index contributed by atoms with van der Waals surface area (Å²) in [6.07, 6.45) is 5.71. The predicted octanol–water partition coefficient (Wildman–Crippen LogP) is 0.940. The zero-order chi connectivity index (χ0) is 14.9. The summed E-state index contributed by atoms with van der Waals surface area (Å²) in [4.78, 5) is 24.9. The summed E-state index contributed by atoms with van der Waals surface area (Å²) in [5, 5.41) is 0. The molecule has 0 saturated carbocycles. The summed E-state index contributed by atoms with van der Waals surface area (Å²) in [6.45, 7) is 7.77. The highest BCUT2D eigenvalue weighted by Crippen LogP contribution is 2.36. The molecule has 1 amide bonds. The fourth-order valence-corrected chi connectivity index (χ4v) is 3.24. The molecule has 3 rings (SSSR count). The Labute approximate surface area is 125 Å². The van der Waals surface area contributed by atoms with Gasteiger partial charge >= 0.3 is 0 Å². The Balaban J connectivity index is 1.81. The van der Waals surface area contributed by atoms with Gasteiger partial charge in [-0.3, -0.25) is 9.78 Å². The van der Waals surface area contributed by atoms with Gasteiger partial charge in [0.1, 0.15) is 5.82 Å². The molecule has 2 aliphatic heterocycles. The van der Waals surface area contributed by atoms with Crippen LogP contribution in [0.4, 0.5) is 5.82 Å². The minimum absolute atomic E-state index is 0.130. The molecule has 0 aliphatic carbocycles. The van der Waals surface area contributed by atoms with Gasteiger partial charge < -0.3 is 14.5 Å². The van der Waals surface area contributed by atoms with Crippen LogP contribution in [0.1, 0.15) is 20.3 Å². The van der Waals surface area contributed by atoms with Gasteiger partial charge in [0.25, 0.3) is 0 Å². The van der Waals surface area contributed by atoms with Gasteiger partial charge in [-0.1, -0.05) is 0 Å². The molecule has 114 valence electrons. The number of anilines is 1. The highest BCUT2D eigenvalue weighted by molar-refractivity contribution is 5.80. The maximum atomic E-state index is 12.3. The second-order valence-electron chi connectivity index (χ2n) is 6.33. The van der Waals surface area contributed by atoms with Crippen molar-refractivity contribution in [3.63, 3.8) is 0 Å². The molecule has 2 fully saturated rings. The Kier molecular flexibility index (Phi) is 3.80. The van der Waals surface area contributed by atoms with Crippen LogP contribution < -0.4 is 4.90 Å². The van der Waals surface area contributed by atoms with E-state index in [1.165, 1.54) is 0 Å². The van der Waals surface area contributed by atoms with Gasteiger partial charge in [-0.2, -0.15) is 0 Å². The molecular weight excluding hydrogens is 268 g/mol. The van der Waals surface area contributed by atoms with E-state index in [1.54, 1.807) is 18.6 Å². The van der Waals surface area contributed by atoms with Crippen molar-refractivity contribution in [3.05, 3.63) is 18.6 Å². The van der Waals surface area contributed by atoms with E-state index < -0.39 is 0 Å². The Morgan fingerprint density at radius 3 is 2.86 bits per heavy atom. The highest BCUT2D eigenvalue weighted by atomic mass is 16.5. The molecule has 0 radical (unpaired) electrons. The van der Waals surface area contributed by atoms with Crippen LogP contribution in [0.2, 0.25) is 0 Å². The third kappa shape index (κ3) is 2.85. The van der Waals surface area contributed by atoms with Crippen molar-refractivity contribution in [2.24, 2.45) is 5.41 Å². The van der Waals surface area contributed by atoms with E-state index in [2.05, 4.69) is 28.7 Å². The van der Waals surface area contributed by atoms with E-state index in [9.17, 15) is 4.79 Å². The molecule has 2 saturated heterocycles. The lowest BCUT2D eigenvalue weighted by atomic mass is 9.87. The van der Waals surface area contributed by atoms with E-state index >= 15 is 0 Å². The summed E-state index contributed by atoms with van der Waals surface area (Å²) >= 11 is 0. The molecule has 2 aliphatic rings. The van der Waals surface area contributed by atoms with Crippen molar-refractivity contribution in [2.75, 3.05) is 37.7 Å². The van der Waals surface area contributed by atoms with E-state index in [4.69, 9.17) is 4.74 Å². The van der Waals surface area contributed by atoms with Crippen LogP contribution in [-0.4, -0.2) is 59.7 Å². The molecule has 1 aromatic heterocycles. The molecule has 3 heterocycles. The molecule has 6 nitrogen and oxygen atoms in total. The molecule has 6 heteroatoms. The first-order valence-electron chi connectivity index (χ1n) is 7.48. The molecule has 0 unspecified atom stereocenters. The van der Waals surface area contributed by atoms with E-state index in [1.807, 2.05) is 4.90 Å². The van der Waals surface area contributed by atoms with E-state index in [-0.39, 0.29) is 17.4 Å². The SMILES string of the molecule is CC(C)N1C[C@@]2(COCCN(c3cnccn3)C2)CC1=O. The zero-order valence-electron chi connectivity index (χ0n) is 12.7. The maximum Gasteiger partial charge on any atom is 0.223 e. The van der Waals surface area contributed by atoms with Crippen LogP contribution in [0.25, 0.3) is 0 Å². The van der Waals surface area contributed by atoms with Crippen LogP contribution in [0, 0.1) is 5.41 Å². The second kappa shape index (κ2) is 5.60. The molecule has 0 bridgehead atoms. The zero-order valence-corrected chi connectivity index (χ0v) is 12.7. The number of aromatic nitrogens is 2. The smallest absolute Gasteiger partial charge is 0.223 e. The Morgan fingerprint density at radius 2 is 2.19 bits per heavy atom. The number of hydrogen-bond acceptors (Lipinski definition) is 5. The standard InChI is InChI=1S/C15H22N4O2/c1-12(2)19-10-15(7-14(19)20)9-18(5-6-21-11-15)13-8-16-3-4-17-13/h3-4,8,12H,5-7,9-11H2,1-2H3/t15-/m1/s1. The lowest BCUT2D eigenvalue weighted by Gasteiger charge is -2.32. The third-order valence-corrected chi connectivity index (χ3v) is 4.29. The van der Waals surface area contributed by atoms with Crippen LogP contribution in [0.3, 0.4) is 0 Å². The third-order valence-electron chi connectivity index (χ3n) is 4.29. The topological polar surface area (TPSA) is 58.6 Å². The molecule has 1 atom stereocenters. The average molecular weight is 290 g/mol. The summed E-state index contributed by atoms with van der Waals surface area (Å²) in [5.74, 6) is 1.09. The van der Waals surface area contributed by atoms with E-state index in [0.717, 1.165) is 25.5 Å². The quantitative estimate of drug-likeness (QED) is 0.811. The second-order valence-corrected chi connectivity index (χ2v) is 6.33. The van der Waals surface area contributed by atoms with Crippen molar-refractivity contribution in [1.29, 1.82) is 0 Å². The van der Waals surface area contributed by atoms with Crippen LogP contribution in [-0.2, 0) is 9.53 Å². The van der Waals surface area contributed by atoms with Gasteiger partial charge in [-0.05, 0) is 13.8 Å². The molecule has 0 aromatic carbocycles. The van der Waals surface area contributed by atoms with Crippen molar-refractivity contribution in [3.8, 4) is 0 Å². The van der Waals surface area contributed by atoms with Gasteiger partial charge in [-0.15, -0.1) is 0 Å². The Hall–Kier alpha value is -1.69. The predicted molar refractivity (Wildman–Crippen MR) is 79.0 cm³/mol. The van der Waals surface area contributed by atoms with Crippen molar-refractivity contribution in [1.82, 2.24) is 14.9 Å². The first-order valence-corrected chi connectivity index (χ1v) is 7.48. The largest absolute Gasteiger partial charge is 0.379 e. The average Bonchev–Trinajstić information content (AvgIpc) is 2.67. The molecular formula is C15H22N4O2. The van der Waals surface area contributed by atoms with Crippen LogP contribution >= 0.6 is 0 Å². The lowest BCUT2D eigenvalue weighted by Crippen LogP contribution is -2.42. The first kappa shape index (κ1) is 14.3. The number of carbonyl (C=O) groups excluding carboxylic acids is 1. The number of rotatable bonds is 2. The maximum absolute atomic E-state index is 12.3.